The van der Waals surface area contributed by atoms with Crippen LogP contribution >= 0.6 is 15.9 Å². The first-order valence-corrected chi connectivity index (χ1v) is 6.08. The Morgan fingerprint density at radius 1 is 1.31 bits per heavy atom. The van der Waals surface area contributed by atoms with Crippen molar-refractivity contribution in [3.8, 4) is 0 Å². The highest BCUT2D eigenvalue weighted by Gasteiger charge is 2.23. The normalized spacial score (nSPS) is 13.3. The molecule has 88 valence electrons. The summed E-state index contributed by atoms with van der Waals surface area (Å²) in [7, 11) is 0. The number of halogens is 1. The summed E-state index contributed by atoms with van der Waals surface area (Å²) >= 11 is 3.44. The molecule has 0 radical (unpaired) electrons. The molecule has 0 spiro atoms. The fourth-order valence-corrected chi connectivity index (χ4v) is 1.97. The molecule has 2 nitrogen and oxygen atoms in total. The van der Waals surface area contributed by atoms with Gasteiger partial charge in [-0.15, -0.1) is 0 Å². The van der Waals surface area contributed by atoms with E-state index in [0.717, 1.165) is 10.0 Å². The fraction of sp³-hybridized carbons (Fsp3) is 0.462. The second-order valence-corrected chi connectivity index (χ2v) is 5.63. The van der Waals surface area contributed by atoms with E-state index in [0.29, 0.717) is 0 Å². The zero-order valence-electron chi connectivity index (χ0n) is 10.1. The lowest BCUT2D eigenvalue weighted by Crippen LogP contribution is -2.26. The minimum atomic E-state index is -0.438. The molecule has 1 aromatic rings. The summed E-state index contributed by atoms with van der Waals surface area (Å²) < 4.78 is 6.29. The predicted molar refractivity (Wildman–Crippen MR) is 68.4 cm³/mol. The first kappa shape index (κ1) is 13.2. The lowest BCUT2D eigenvalue weighted by atomic mass is 10.0. The zero-order chi connectivity index (χ0) is 12.3. The van der Waals surface area contributed by atoms with Crippen LogP contribution in [0.5, 0.6) is 0 Å². The van der Waals surface area contributed by atoms with Gasteiger partial charge >= 0.3 is 5.97 Å². The summed E-state index contributed by atoms with van der Waals surface area (Å²) in [4.78, 5) is 11.9. The Labute approximate surface area is 105 Å². The Balaban J connectivity index is 2.83. The lowest BCUT2D eigenvalue weighted by molar-refractivity contribution is -0.156. The highest BCUT2D eigenvalue weighted by atomic mass is 79.9. The van der Waals surface area contributed by atoms with E-state index in [1.165, 1.54) is 0 Å². The molecule has 16 heavy (non-hydrogen) atoms. The third-order valence-corrected chi connectivity index (χ3v) is 2.85. The van der Waals surface area contributed by atoms with Crippen LogP contribution in [-0.4, -0.2) is 11.6 Å². The van der Waals surface area contributed by atoms with E-state index < -0.39 is 5.60 Å². The van der Waals surface area contributed by atoms with Gasteiger partial charge < -0.3 is 4.74 Å². The molecule has 0 amide bonds. The lowest BCUT2D eigenvalue weighted by Gasteiger charge is -2.22. The Hall–Kier alpha value is -0.830. The fourth-order valence-electron chi connectivity index (χ4n) is 1.34. The van der Waals surface area contributed by atoms with Crippen LogP contribution in [0.3, 0.4) is 0 Å². The van der Waals surface area contributed by atoms with Gasteiger partial charge in [0.15, 0.2) is 0 Å². The molecule has 0 N–H and O–H groups in total. The number of hydrogen-bond acceptors (Lipinski definition) is 2. The molecule has 0 saturated heterocycles. The van der Waals surface area contributed by atoms with Crippen molar-refractivity contribution in [2.45, 2.75) is 39.2 Å². The van der Waals surface area contributed by atoms with Crippen LogP contribution in [0.1, 0.15) is 39.2 Å². The monoisotopic (exact) mass is 284 g/mol. The van der Waals surface area contributed by atoms with Crippen LogP contribution in [0.25, 0.3) is 0 Å². The van der Waals surface area contributed by atoms with E-state index in [4.69, 9.17) is 4.74 Å². The number of benzene rings is 1. The summed E-state index contributed by atoms with van der Waals surface area (Å²) in [5.74, 6) is -0.450. The summed E-state index contributed by atoms with van der Waals surface area (Å²) in [6.45, 7) is 7.47. The Morgan fingerprint density at radius 2 is 1.88 bits per heavy atom. The number of ether oxygens (including phenoxy) is 1. The molecule has 0 aromatic heterocycles. The van der Waals surface area contributed by atoms with Crippen LogP contribution in [0.2, 0.25) is 0 Å². The molecule has 0 fully saturated rings. The van der Waals surface area contributed by atoms with Crippen molar-refractivity contribution in [3.63, 3.8) is 0 Å². The topological polar surface area (TPSA) is 26.3 Å². The Kier molecular flexibility index (Phi) is 4.14. The number of rotatable bonds is 2. The minimum absolute atomic E-state index is 0.195. The number of esters is 1. The van der Waals surface area contributed by atoms with Gasteiger partial charge in [-0.3, -0.25) is 4.79 Å². The van der Waals surface area contributed by atoms with E-state index in [1.807, 2.05) is 52.0 Å². The highest BCUT2D eigenvalue weighted by molar-refractivity contribution is 9.10. The first-order chi connectivity index (χ1) is 7.31. The van der Waals surface area contributed by atoms with Crippen LogP contribution in [0.15, 0.2) is 28.7 Å². The SMILES string of the molecule is CC(C(=O)OC(C)(C)C)c1ccccc1Br. The molecule has 1 aromatic carbocycles. The van der Waals surface area contributed by atoms with E-state index in [-0.39, 0.29) is 11.9 Å². The molecule has 0 aliphatic heterocycles. The molecule has 3 heteroatoms. The van der Waals surface area contributed by atoms with Crippen molar-refractivity contribution in [3.05, 3.63) is 34.3 Å². The Morgan fingerprint density at radius 3 is 2.38 bits per heavy atom. The van der Waals surface area contributed by atoms with Crippen LogP contribution in [-0.2, 0) is 9.53 Å². The van der Waals surface area contributed by atoms with Gasteiger partial charge in [0.25, 0.3) is 0 Å². The molecule has 0 aliphatic rings. The van der Waals surface area contributed by atoms with Gasteiger partial charge in [0.1, 0.15) is 5.60 Å². The van der Waals surface area contributed by atoms with Gasteiger partial charge in [-0.2, -0.15) is 0 Å². The molecular formula is C13H17BrO2. The molecule has 1 unspecified atom stereocenters. The molecule has 1 atom stereocenters. The average molecular weight is 285 g/mol. The van der Waals surface area contributed by atoms with Crippen LogP contribution < -0.4 is 0 Å². The number of hydrogen-bond donors (Lipinski definition) is 0. The van der Waals surface area contributed by atoms with E-state index in [1.54, 1.807) is 0 Å². The minimum Gasteiger partial charge on any atom is -0.460 e. The van der Waals surface area contributed by atoms with Gasteiger partial charge in [-0.1, -0.05) is 34.1 Å². The van der Waals surface area contributed by atoms with Gasteiger partial charge in [0.05, 0.1) is 5.92 Å². The van der Waals surface area contributed by atoms with E-state index >= 15 is 0 Å². The van der Waals surface area contributed by atoms with Crippen molar-refractivity contribution in [2.24, 2.45) is 0 Å². The number of carbonyl (C=O) groups excluding carboxylic acids is 1. The summed E-state index contributed by atoms with van der Waals surface area (Å²) in [5, 5.41) is 0. The van der Waals surface area contributed by atoms with Crippen molar-refractivity contribution in [1.82, 2.24) is 0 Å². The Bertz CT molecular complexity index is 380. The van der Waals surface area contributed by atoms with Gasteiger partial charge in [0.2, 0.25) is 0 Å². The van der Waals surface area contributed by atoms with Crippen molar-refractivity contribution in [2.75, 3.05) is 0 Å². The molecular weight excluding hydrogens is 268 g/mol. The standard InChI is InChI=1S/C13H17BrO2/c1-9(12(15)16-13(2,3)4)10-7-5-6-8-11(10)14/h5-9H,1-4H3. The average Bonchev–Trinajstić information content (AvgIpc) is 2.15. The van der Waals surface area contributed by atoms with Gasteiger partial charge in [0, 0.05) is 4.47 Å². The van der Waals surface area contributed by atoms with E-state index in [9.17, 15) is 4.79 Å². The largest absolute Gasteiger partial charge is 0.460 e. The summed E-state index contributed by atoms with van der Waals surface area (Å²) in [6, 6.07) is 7.70. The van der Waals surface area contributed by atoms with Crippen molar-refractivity contribution >= 4 is 21.9 Å². The van der Waals surface area contributed by atoms with Crippen LogP contribution in [0.4, 0.5) is 0 Å². The van der Waals surface area contributed by atoms with E-state index in [2.05, 4.69) is 15.9 Å². The third-order valence-electron chi connectivity index (χ3n) is 2.13. The highest BCUT2D eigenvalue weighted by Crippen LogP contribution is 2.26. The quantitative estimate of drug-likeness (QED) is 0.770. The van der Waals surface area contributed by atoms with Crippen molar-refractivity contribution in [1.29, 1.82) is 0 Å². The first-order valence-electron chi connectivity index (χ1n) is 5.28. The molecule has 0 saturated carbocycles. The molecule has 0 heterocycles. The maximum atomic E-state index is 11.9. The molecule has 0 aliphatic carbocycles. The number of carbonyl (C=O) groups is 1. The second kappa shape index (κ2) is 5.00. The van der Waals surface area contributed by atoms with Gasteiger partial charge in [-0.25, -0.2) is 0 Å². The maximum Gasteiger partial charge on any atom is 0.313 e. The smallest absolute Gasteiger partial charge is 0.313 e. The third kappa shape index (κ3) is 3.63. The van der Waals surface area contributed by atoms with Crippen molar-refractivity contribution < 1.29 is 9.53 Å². The molecule has 1 rings (SSSR count). The maximum absolute atomic E-state index is 11.9. The predicted octanol–water partition coefficient (Wildman–Crippen LogP) is 3.89. The summed E-state index contributed by atoms with van der Waals surface area (Å²) in [6.07, 6.45) is 0. The molecule has 0 bridgehead atoms. The zero-order valence-corrected chi connectivity index (χ0v) is 11.7. The summed E-state index contributed by atoms with van der Waals surface area (Å²) in [5.41, 5.74) is 0.517. The van der Waals surface area contributed by atoms with Gasteiger partial charge in [-0.05, 0) is 39.3 Å². The second-order valence-electron chi connectivity index (χ2n) is 4.78. The van der Waals surface area contributed by atoms with Crippen LogP contribution in [0, 0.1) is 0 Å².